The summed E-state index contributed by atoms with van der Waals surface area (Å²) in [7, 11) is 2.72. The Morgan fingerprint density at radius 3 is 2.39 bits per heavy atom. The van der Waals surface area contributed by atoms with Gasteiger partial charge in [-0.2, -0.15) is 0 Å². The molecule has 0 spiro atoms. The standard InChI is InChI=1S/C28H35NO7/c1-15-13-19-25(26(31)22(15)27(32)35-4)24(17-11-12-21(34-3)20(30)14-17)23(16(2)29-19)28(33)36-18-9-7-5-6-8-10-18/h11-12,14-15,18,22,24,29-30H,5-10,13H2,1-4H3/t15-,22+,24-/m1/s1. The van der Waals surface area contributed by atoms with Gasteiger partial charge in [0.2, 0.25) is 0 Å². The second-order valence-corrected chi connectivity index (χ2v) is 9.99. The van der Waals surface area contributed by atoms with Gasteiger partial charge in [0.1, 0.15) is 12.0 Å². The number of ether oxygens (including phenoxy) is 3. The number of hydrogen-bond donors (Lipinski definition) is 2. The van der Waals surface area contributed by atoms with E-state index in [4.69, 9.17) is 14.2 Å². The molecule has 0 aromatic heterocycles. The maximum Gasteiger partial charge on any atom is 0.337 e. The summed E-state index contributed by atoms with van der Waals surface area (Å²) in [5.74, 6) is -3.33. The van der Waals surface area contributed by atoms with Crippen molar-refractivity contribution in [3.05, 3.63) is 46.3 Å². The number of ketones is 1. The SMILES string of the molecule is COC(=O)[C@@H]1C(=O)C2=C(C[C@H]1C)NC(C)=C(C(=O)OC1CCCCCC1)[C@H]2c1ccc(OC)c(O)c1. The highest BCUT2D eigenvalue weighted by Gasteiger charge is 2.47. The molecule has 1 saturated carbocycles. The number of carbonyl (C=O) groups is 3. The summed E-state index contributed by atoms with van der Waals surface area (Å²) in [5, 5.41) is 13.8. The van der Waals surface area contributed by atoms with Crippen LogP contribution in [0, 0.1) is 11.8 Å². The van der Waals surface area contributed by atoms with E-state index in [1.54, 1.807) is 19.1 Å². The van der Waals surface area contributed by atoms with Crippen molar-refractivity contribution in [1.29, 1.82) is 0 Å². The van der Waals surface area contributed by atoms with Gasteiger partial charge in [0.05, 0.1) is 19.8 Å². The van der Waals surface area contributed by atoms with Crippen LogP contribution in [0.1, 0.15) is 70.3 Å². The zero-order valence-electron chi connectivity index (χ0n) is 21.4. The Hall–Kier alpha value is -3.29. The number of benzene rings is 1. The van der Waals surface area contributed by atoms with E-state index in [1.807, 2.05) is 6.92 Å². The third-order valence-electron chi connectivity index (χ3n) is 7.58. The average molecular weight is 498 g/mol. The molecule has 1 fully saturated rings. The van der Waals surface area contributed by atoms with Crippen molar-refractivity contribution in [2.75, 3.05) is 14.2 Å². The fourth-order valence-corrected chi connectivity index (χ4v) is 5.75. The third-order valence-corrected chi connectivity index (χ3v) is 7.58. The van der Waals surface area contributed by atoms with Gasteiger partial charge in [0.25, 0.3) is 0 Å². The van der Waals surface area contributed by atoms with Crippen molar-refractivity contribution < 1.29 is 33.7 Å². The maximum absolute atomic E-state index is 13.8. The molecule has 8 heteroatoms. The van der Waals surface area contributed by atoms with Crippen LogP contribution < -0.4 is 10.1 Å². The first-order chi connectivity index (χ1) is 17.3. The minimum Gasteiger partial charge on any atom is -0.504 e. The molecule has 4 rings (SSSR count). The molecule has 0 saturated heterocycles. The van der Waals surface area contributed by atoms with E-state index in [-0.39, 0.29) is 29.3 Å². The number of methoxy groups -OCH3 is 2. The van der Waals surface area contributed by atoms with Gasteiger partial charge >= 0.3 is 11.9 Å². The zero-order valence-corrected chi connectivity index (χ0v) is 21.4. The maximum atomic E-state index is 13.8. The largest absolute Gasteiger partial charge is 0.504 e. The number of phenolic OH excluding ortho intramolecular Hbond substituents is 1. The van der Waals surface area contributed by atoms with Crippen LogP contribution in [0.25, 0.3) is 0 Å². The predicted molar refractivity (Wildman–Crippen MR) is 132 cm³/mol. The highest BCUT2D eigenvalue weighted by atomic mass is 16.5. The molecule has 0 unspecified atom stereocenters. The van der Waals surface area contributed by atoms with Crippen molar-refractivity contribution in [1.82, 2.24) is 5.32 Å². The van der Waals surface area contributed by atoms with Crippen molar-refractivity contribution in [2.24, 2.45) is 11.8 Å². The Balaban J connectivity index is 1.79. The Kier molecular flexibility index (Phi) is 7.71. The first-order valence-corrected chi connectivity index (χ1v) is 12.7. The van der Waals surface area contributed by atoms with Gasteiger partial charge in [-0.3, -0.25) is 9.59 Å². The van der Waals surface area contributed by atoms with Gasteiger partial charge in [0, 0.05) is 22.9 Å². The number of dihydropyridines is 1. The summed E-state index contributed by atoms with van der Waals surface area (Å²) in [6, 6.07) is 4.83. The molecule has 3 atom stereocenters. The lowest BCUT2D eigenvalue weighted by Crippen LogP contribution is -2.43. The minimum atomic E-state index is -0.970. The van der Waals surface area contributed by atoms with Crippen molar-refractivity contribution in [2.45, 2.75) is 70.8 Å². The van der Waals surface area contributed by atoms with Crippen LogP contribution in [0.2, 0.25) is 0 Å². The molecule has 194 valence electrons. The van der Waals surface area contributed by atoms with Crippen molar-refractivity contribution >= 4 is 17.7 Å². The van der Waals surface area contributed by atoms with Crippen molar-refractivity contribution in [3.63, 3.8) is 0 Å². The van der Waals surface area contributed by atoms with E-state index in [9.17, 15) is 19.5 Å². The molecular weight excluding hydrogens is 462 g/mol. The molecule has 1 heterocycles. The van der Waals surface area contributed by atoms with E-state index in [0.29, 0.717) is 34.5 Å². The van der Waals surface area contributed by atoms with Crippen LogP contribution in [0.3, 0.4) is 0 Å². The van der Waals surface area contributed by atoms with Gasteiger partial charge < -0.3 is 24.6 Å². The van der Waals surface area contributed by atoms with Crippen LogP contribution >= 0.6 is 0 Å². The molecule has 1 aromatic rings. The summed E-state index contributed by atoms with van der Waals surface area (Å²) in [4.78, 5) is 40.0. The van der Waals surface area contributed by atoms with Crippen LogP contribution in [0.15, 0.2) is 40.7 Å². The molecule has 1 aliphatic heterocycles. The van der Waals surface area contributed by atoms with E-state index >= 15 is 0 Å². The van der Waals surface area contributed by atoms with Crippen LogP contribution in [-0.2, 0) is 23.9 Å². The molecule has 8 nitrogen and oxygen atoms in total. The Morgan fingerprint density at radius 2 is 1.78 bits per heavy atom. The van der Waals surface area contributed by atoms with E-state index in [0.717, 1.165) is 38.5 Å². The van der Waals surface area contributed by atoms with Crippen molar-refractivity contribution in [3.8, 4) is 11.5 Å². The van der Waals surface area contributed by atoms with Crippen LogP contribution in [-0.4, -0.2) is 43.2 Å². The lowest BCUT2D eigenvalue weighted by molar-refractivity contribution is -0.151. The number of esters is 2. The topological polar surface area (TPSA) is 111 Å². The molecule has 36 heavy (non-hydrogen) atoms. The molecule has 0 amide bonds. The molecule has 2 N–H and O–H groups in total. The highest BCUT2D eigenvalue weighted by Crippen LogP contribution is 2.47. The number of carbonyl (C=O) groups excluding carboxylic acids is 3. The van der Waals surface area contributed by atoms with E-state index < -0.39 is 23.8 Å². The summed E-state index contributed by atoms with van der Waals surface area (Å²) in [6.45, 7) is 3.64. The monoisotopic (exact) mass is 497 g/mol. The number of phenols is 1. The number of allylic oxidation sites excluding steroid dienone is 3. The summed E-state index contributed by atoms with van der Waals surface area (Å²) in [6.07, 6.45) is 6.17. The normalized spacial score (nSPS) is 25.0. The first-order valence-electron chi connectivity index (χ1n) is 12.7. The van der Waals surface area contributed by atoms with Gasteiger partial charge in [-0.1, -0.05) is 25.8 Å². The summed E-state index contributed by atoms with van der Waals surface area (Å²) < 4.78 is 16.1. The highest BCUT2D eigenvalue weighted by molar-refractivity contribution is 6.12. The van der Waals surface area contributed by atoms with Gasteiger partial charge in [0.15, 0.2) is 17.3 Å². The zero-order chi connectivity index (χ0) is 26.0. The van der Waals surface area contributed by atoms with Gasteiger partial charge in [-0.05, 0) is 62.6 Å². The Bertz CT molecular complexity index is 1110. The minimum absolute atomic E-state index is 0.106. The van der Waals surface area contributed by atoms with Gasteiger partial charge in [-0.15, -0.1) is 0 Å². The average Bonchev–Trinajstić information content (AvgIpc) is 3.11. The van der Waals surface area contributed by atoms with E-state index in [1.165, 1.54) is 20.3 Å². The van der Waals surface area contributed by atoms with E-state index in [2.05, 4.69) is 5.32 Å². The third kappa shape index (κ3) is 4.86. The second kappa shape index (κ2) is 10.8. The molecular formula is C28H35NO7. The summed E-state index contributed by atoms with van der Waals surface area (Å²) >= 11 is 0. The first kappa shape index (κ1) is 25.8. The molecule has 1 aromatic carbocycles. The fraction of sp³-hybridized carbons (Fsp3) is 0.536. The Labute approximate surface area is 211 Å². The van der Waals surface area contributed by atoms with Crippen LogP contribution in [0.4, 0.5) is 0 Å². The molecule has 0 bridgehead atoms. The predicted octanol–water partition coefficient (Wildman–Crippen LogP) is 4.28. The quantitative estimate of drug-likeness (QED) is 0.352. The van der Waals surface area contributed by atoms with Crippen LogP contribution in [0.5, 0.6) is 11.5 Å². The number of hydrogen-bond acceptors (Lipinski definition) is 8. The molecule has 3 aliphatic rings. The molecule has 0 radical (unpaired) electrons. The number of Topliss-reactive ketones (excluding diaryl/α,β-unsaturated/α-hetero) is 1. The number of nitrogens with one attached hydrogen (secondary N) is 1. The fourth-order valence-electron chi connectivity index (χ4n) is 5.75. The molecule has 2 aliphatic carbocycles. The smallest absolute Gasteiger partial charge is 0.337 e. The lowest BCUT2D eigenvalue weighted by Gasteiger charge is -2.38. The Morgan fingerprint density at radius 1 is 1.08 bits per heavy atom. The summed E-state index contributed by atoms with van der Waals surface area (Å²) in [5.41, 5.74) is 2.47. The van der Waals surface area contributed by atoms with Gasteiger partial charge in [-0.25, -0.2) is 4.79 Å². The second-order valence-electron chi connectivity index (χ2n) is 9.99. The number of rotatable bonds is 5. The number of aromatic hydroxyl groups is 1. The lowest BCUT2D eigenvalue weighted by atomic mass is 9.69.